The topological polar surface area (TPSA) is 50.4 Å². The number of terminal acetylenes is 1. The molecule has 1 fully saturated rings. The molecule has 1 amide bonds. The van der Waals surface area contributed by atoms with Gasteiger partial charge in [-0.15, -0.1) is 6.42 Å². The van der Waals surface area contributed by atoms with Crippen LogP contribution in [0, 0.1) is 12.3 Å². The second-order valence-corrected chi connectivity index (χ2v) is 13.4. The fourth-order valence-corrected chi connectivity index (χ4v) is 4.22. The second-order valence-electron chi connectivity index (χ2n) is 8.69. The van der Waals surface area contributed by atoms with Crippen LogP contribution < -0.4 is 10.6 Å². The third kappa shape index (κ3) is 4.97. The highest BCUT2D eigenvalue weighted by molar-refractivity contribution is 6.74. The van der Waals surface area contributed by atoms with E-state index < -0.39 is 8.32 Å². The third-order valence-corrected chi connectivity index (χ3v) is 10.1. The van der Waals surface area contributed by atoms with Crippen molar-refractivity contribution in [2.75, 3.05) is 6.54 Å². The van der Waals surface area contributed by atoms with Crippen LogP contribution in [-0.2, 0) is 9.22 Å². The number of nitrogens with one attached hydrogen (secondary N) is 2. The van der Waals surface area contributed by atoms with Crippen LogP contribution in [0.3, 0.4) is 0 Å². The van der Waals surface area contributed by atoms with Crippen LogP contribution in [-0.4, -0.2) is 32.9 Å². The number of benzene rings is 1. The molecule has 2 rings (SSSR count). The number of carbonyl (C=O) groups excluding carboxylic acids is 1. The fourth-order valence-electron chi connectivity index (χ4n) is 2.85. The highest BCUT2D eigenvalue weighted by Crippen LogP contribution is 2.38. The molecule has 5 heteroatoms. The molecule has 1 saturated heterocycles. The van der Waals surface area contributed by atoms with E-state index in [1.807, 2.05) is 31.2 Å². The van der Waals surface area contributed by atoms with Gasteiger partial charge >= 0.3 is 0 Å². The minimum Gasteiger partial charge on any atom is -0.413 e. The largest absolute Gasteiger partial charge is 0.413 e. The van der Waals surface area contributed by atoms with Gasteiger partial charge in [0.2, 0.25) is 5.91 Å². The predicted molar refractivity (Wildman–Crippen MR) is 109 cm³/mol. The van der Waals surface area contributed by atoms with E-state index in [1.54, 1.807) is 0 Å². The lowest BCUT2D eigenvalue weighted by molar-refractivity contribution is -0.123. The van der Waals surface area contributed by atoms with Crippen molar-refractivity contribution in [2.45, 2.75) is 70.4 Å². The summed E-state index contributed by atoms with van der Waals surface area (Å²) in [6, 6.07) is 7.47. The summed E-state index contributed by atoms with van der Waals surface area (Å²) in [4.78, 5) is 12.6. The summed E-state index contributed by atoms with van der Waals surface area (Å²) >= 11 is 0. The maximum Gasteiger partial charge on any atom is 0.237 e. The molecule has 3 atom stereocenters. The van der Waals surface area contributed by atoms with E-state index in [2.05, 4.69) is 50.4 Å². The van der Waals surface area contributed by atoms with Crippen LogP contribution in [0.5, 0.6) is 0 Å². The first-order valence-electron chi connectivity index (χ1n) is 9.31. The molecule has 0 unspecified atom stereocenters. The number of amides is 1. The van der Waals surface area contributed by atoms with Gasteiger partial charge in [0.15, 0.2) is 8.32 Å². The zero-order valence-corrected chi connectivity index (χ0v) is 17.8. The molecule has 4 nitrogen and oxygen atoms in total. The summed E-state index contributed by atoms with van der Waals surface area (Å²) in [7, 11) is -1.82. The summed E-state index contributed by atoms with van der Waals surface area (Å²) in [5, 5.41) is 6.58. The molecule has 1 aromatic rings. The molecular weight excluding hydrogens is 340 g/mol. The lowest BCUT2D eigenvalue weighted by Gasteiger charge is -2.38. The Bertz CT molecular complexity index is 671. The molecule has 142 valence electrons. The molecule has 1 aromatic carbocycles. The number of rotatable bonds is 5. The zero-order chi connectivity index (χ0) is 19.5. The van der Waals surface area contributed by atoms with Crippen molar-refractivity contribution in [3.63, 3.8) is 0 Å². The number of hydrogen-bond donors (Lipinski definition) is 2. The van der Waals surface area contributed by atoms with E-state index in [0.717, 1.165) is 24.1 Å². The van der Waals surface area contributed by atoms with Gasteiger partial charge in [0.05, 0.1) is 18.2 Å². The van der Waals surface area contributed by atoms with Crippen molar-refractivity contribution in [2.24, 2.45) is 0 Å². The summed E-state index contributed by atoms with van der Waals surface area (Å²) in [6.45, 7) is 13.9. The molecule has 0 aliphatic carbocycles. The average molecular weight is 373 g/mol. The molecular formula is C21H32N2O2Si. The Hall–Kier alpha value is -1.61. The van der Waals surface area contributed by atoms with Crippen LogP contribution in [0.1, 0.15) is 51.3 Å². The summed E-state index contributed by atoms with van der Waals surface area (Å²) in [5.74, 6) is 2.63. The average Bonchev–Trinajstić information content (AvgIpc) is 3.01. The van der Waals surface area contributed by atoms with Crippen molar-refractivity contribution in [3.8, 4) is 12.3 Å². The van der Waals surface area contributed by atoms with Crippen LogP contribution in [0.25, 0.3) is 0 Å². The lowest BCUT2D eigenvalue weighted by Crippen LogP contribution is -2.44. The van der Waals surface area contributed by atoms with Gasteiger partial charge in [0.1, 0.15) is 0 Å². The highest BCUT2D eigenvalue weighted by atomic mass is 28.4. The normalized spacial score (nSPS) is 21.9. The van der Waals surface area contributed by atoms with E-state index in [-0.39, 0.29) is 29.1 Å². The van der Waals surface area contributed by atoms with Crippen molar-refractivity contribution in [1.29, 1.82) is 0 Å². The maximum absolute atomic E-state index is 12.6. The van der Waals surface area contributed by atoms with E-state index in [1.165, 1.54) is 0 Å². The molecule has 1 aliphatic rings. The fraction of sp³-hybridized carbons (Fsp3) is 0.571. The first-order valence-corrected chi connectivity index (χ1v) is 12.2. The minimum atomic E-state index is -1.82. The molecule has 0 radical (unpaired) electrons. The van der Waals surface area contributed by atoms with Crippen molar-refractivity contribution >= 4 is 14.2 Å². The molecule has 0 bridgehead atoms. The van der Waals surface area contributed by atoms with Crippen molar-refractivity contribution in [3.05, 3.63) is 35.4 Å². The molecule has 0 saturated carbocycles. The molecule has 1 heterocycles. The van der Waals surface area contributed by atoms with Gasteiger partial charge in [0, 0.05) is 12.1 Å². The Morgan fingerprint density at radius 3 is 2.50 bits per heavy atom. The van der Waals surface area contributed by atoms with Gasteiger partial charge in [-0.3, -0.25) is 4.79 Å². The van der Waals surface area contributed by atoms with Gasteiger partial charge in [-0.1, -0.05) is 38.8 Å². The lowest BCUT2D eigenvalue weighted by atomic mass is 10.1. The molecule has 2 N–H and O–H groups in total. The Kier molecular flexibility index (Phi) is 6.33. The molecule has 1 aliphatic heterocycles. The van der Waals surface area contributed by atoms with Gasteiger partial charge in [-0.25, -0.2) is 0 Å². The van der Waals surface area contributed by atoms with Gasteiger partial charge in [0.25, 0.3) is 0 Å². The zero-order valence-electron chi connectivity index (χ0n) is 16.8. The van der Waals surface area contributed by atoms with Crippen LogP contribution in [0.2, 0.25) is 18.1 Å². The van der Waals surface area contributed by atoms with E-state index in [4.69, 9.17) is 10.8 Å². The van der Waals surface area contributed by atoms with Crippen LogP contribution in [0.15, 0.2) is 24.3 Å². The second kappa shape index (κ2) is 7.95. The summed E-state index contributed by atoms with van der Waals surface area (Å²) in [6.07, 6.45) is 6.22. The monoisotopic (exact) mass is 372 g/mol. The SMILES string of the molecule is C#Cc1ccc([C@H](C)NC(=O)[C@@H]2C[C@@H](O[Si](C)(C)C(C)(C)C)CN2)cc1. The van der Waals surface area contributed by atoms with Crippen molar-refractivity contribution in [1.82, 2.24) is 10.6 Å². The predicted octanol–water partition coefficient (Wildman–Crippen LogP) is 3.60. The van der Waals surface area contributed by atoms with Gasteiger partial charge < -0.3 is 15.1 Å². The Morgan fingerprint density at radius 2 is 1.96 bits per heavy atom. The highest BCUT2D eigenvalue weighted by Gasteiger charge is 2.41. The van der Waals surface area contributed by atoms with E-state index >= 15 is 0 Å². The summed E-state index contributed by atoms with van der Waals surface area (Å²) < 4.78 is 6.44. The third-order valence-electron chi connectivity index (χ3n) is 5.61. The summed E-state index contributed by atoms with van der Waals surface area (Å²) in [5.41, 5.74) is 1.89. The first-order chi connectivity index (χ1) is 12.0. The molecule has 0 aromatic heterocycles. The maximum atomic E-state index is 12.6. The van der Waals surface area contributed by atoms with Crippen LogP contribution in [0.4, 0.5) is 0 Å². The number of carbonyl (C=O) groups is 1. The van der Waals surface area contributed by atoms with Crippen LogP contribution >= 0.6 is 0 Å². The molecule has 26 heavy (non-hydrogen) atoms. The quantitative estimate of drug-likeness (QED) is 0.613. The minimum absolute atomic E-state index is 0.0276. The van der Waals surface area contributed by atoms with E-state index in [9.17, 15) is 4.79 Å². The van der Waals surface area contributed by atoms with Crippen molar-refractivity contribution < 1.29 is 9.22 Å². The Balaban J connectivity index is 1.90. The number of hydrogen-bond acceptors (Lipinski definition) is 3. The first kappa shape index (κ1) is 20.7. The van der Waals surface area contributed by atoms with E-state index in [0.29, 0.717) is 0 Å². The smallest absolute Gasteiger partial charge is 0.237 e. The van der Waals surface area contributed by atoms with Gasteiger partial charge in [-0.05, 0) is 49.2 Å². The van der Waals surface area contributed by atoms with Gasteiger partial charge in [-0.2, -0.15) is 0 Å². The Labute approximate surface area is 159 Å². The Morgan fingerprint density at radius 1 is 1.35 bits per heavy atom. The standard InChI is InChI=1S/C21H32N2O2Si/c1-8-16-9-11-17(12-10-16)15(2)23-20(24)19-13-18(14-22-19)25-26(6,7)21(3,4)5/h1,9-12,15,18-19,22H,13-14H2,2-7H3,(H,23,24)/t15-,18+,19-/m0/s1. The molecule has 0 spiro atoms.